The molecule has 98 valence electrons. The molecule has 0 aliphatic rings. The minimum absolute atomic E-state index is 0.0705. The molecule has 0 bridgehead atoms. The van der Waals surface area contributed by atoms with E-state index in [-0.39, 0.29) is 17.3 Å². The van der Waals surface area contributed by atoms with Crippen LogP contribution in [0.25, 0.3) is 0 Å². The van der Waals surface area contributed by atoms with Crippen molar-refractivity contribution in [2.24, 2.45) is 0 Å². The molecule has 1 aromatic carbocycles. The van der Waals surface area contributed by atoms with Crippen molar-refractivity contribution in [3.8, 4) is 11.6 Å². The number of hydrogen-bond acceptors (Lipinski definition) is 3. The van der Waals surface area contributed by atoms with Crippen molar-refractivity contribution < 1.29 is 14.6 Å². The van der Waals surface area contributed by atoms with Gasteiger partial charge in [0.05, 0.1) is 11.4 Å². The second kappa shape index (κ2) is 5.91. The largest absolute Gasteiger partial charge is 0.481 e. The lowest BCUT2D eigenvalue weighted by Gasteiger charge is -2.07. The fraction of sp³-hybridized carbons (Fsp3) is 0.0769. The van der Waals surface area contributed by atoms with Gasteiger partial charge in [-0.05, 0) is 23.8 Å². The number of benzene rings is 1. The molecule has 0 saturated heterocycles. The predicted molar refractivity (Wildman–Crippen MR) is 72.1 cm³/mol. The van der Waals surface area contributed by atoms with Gasteiger partial charge in [0.2, 0.25) is 5.88 Å². The van der Waals surface area contributed by atoms with Crippen molar-refractivity contribution >= 4 is 29.2 Å². The first-order valence-corrected chi connectivity index (χ1v) is 6.10. The van der Waals surface area contributed by atoms with Gasteiger partial charge in [-0.25, -0.2) is 4.98 Å². The van der Waals surface area contributed by atoms with Crippen LogP contribution in [0.5, 0.6) is 11.6 Å². The van der Waals surface area contributed by atoms with E-state index in [9.17, 15) is 4.79 Å². The molecule has 0 aliphatic carbocycles. The smallest absolute Gasteiger partial charge is 0.307 e. The van der Waals surface area contributed by atoms with Crippen LogP contribution in [0, 0.1) is 0 Å². The van der Waals surface area contributed by atoms with Crippen molar-refractivity contribution in [2.75, 3.05) is 0 Å². The van der Waals surface area contributed by atoms with Crippen LogP contribution in [0.2, 0.25) is 10.0 Å². The Morgan fingerprint density at radius 1 is 1.32 bits per heavy atom. The van der Waals surface area contributed by atoms with E-state index in [1.165, 1.54) is 12.3 Å². The van der Waals surface area contributed by atoms with Gasteiger partial charge in [-0.2, -0.15) is 0 Å². The Bertz CT molecular complexity index is 617. The topological polar surface area (TPSA) is 59.4 Å². The lowest BCUT2D eigenvalue weighted by molar-refractivity contribution is -0.136. The Hall–Kier alpha value is -1.78. The predicted octanol–water partition coefficient (Wildman–Crippen LogP) is 3.81. The van der Waals surface area contributed by atoms with Gasteiger partial charge in [0, 0.05) is 6.20 Å². The number of carboxylic acid groups (broad SMARTS) is 1. The molecule has 0 atom stereocenters. The first kappa shape index (κ1) is 13.6. The SMILES string of the molecule is O=C(O)Cc1cccc(Oc2ncc(Cl)cc2Cl)c1. The standard InChI is InChI=1S/C13H9Cl2NO3/c14-9-6-11(15)13(16-7-9)19-10-3-1-2-8(4-10)5-12(17)18/h1-4,6-7H,5H2,(H,17,18). The highest BCUT2D eigenvalue weighted by Gasteiger charge is 2.07. The lowest BCUT2D eigenvalue weighted by atomic mass is 10.1. The van der Waals surface area contributed by atoms with E-state index in [1.807, 2.05) is 0 Å². The minimum Gasteiger partial charge on any atom is -0.481 e. The first-order chi connectivity index (χ1) is 9.04. The van der Waals surface area contributed by atoms with Crippen molar-refractivity contribution in [3.05, 3.63) is 52.1 Å². The molecule has 4 nitrogen and oxygen atoms in total. The van der Waals surface area contributed by atoms with Crippen molar-refractivity contribution in [2.45, 2.75) is 6.42 Å². The number of nitrogens with zero attached hydrogens (tertiary/aromatic N) is 1. The second-order valence-corrected chi connectivity index (χ2v) is 4.60. The third kappa shape index (κ3) is 3.84. The molecule has 6 heteroatoms. The third-order valence-corrected chi connectivity index (χ3v) is 2.72. The Kier molecular flexibility index (Phi) is 4.24. The van der Waals surface area contributed by atoms with Crippen molar-refractivity contribution in [1.29, 1.82) is 0 Å². The molecule has 1 aromatic heterocycles. The zero-order valence-electron chi connectivity index (χ0n) is 9.64. The molecule has 0 amide bonds. The third-order valence-electron chi connectivity index (χ3n) is 2.24. The van der Waals surface area contributed by atoms with Gasteiger partial charge in [0.1, 0.15) is 10.8 Å². The summed E-state index contributed by atoms with van der Waals surface area (Å²) in [5.41, 5.74) is 0.634. The van der Waals surface area contributed by atoms with Crippen LogP contribution in [0.1, 0.15) is 5.56 Å². The normalized spacial score (nSPS) is 10.2. The van der Waals surface area contributed by atoms with Gasteiger partial charge in [0.25, 0.3) is 0 Å². The summed E-state index contributed by atoms with van der Waals surface area (Å²) in [5, 5.41) is 9.44. The summed E-state index contributed by atoms with van der Waals surface area (Å²) in [5.74, 6) is -0.214. The van der Waals surface area contributed by atoms with E-state index in [0.717, 1.165) is 0 Å². The summed E-state index contributed by atoms with van der Waals surface area (Å²) < 4.78 is 5.49. The Morgan fingerprint density at radius 3 is 2.79 bits per heavy atom. The average molecular weight is 298 g/mol. The van der Waals surface area contributed by atoms with Crippen molar-refractivity contribution in [1.82, 2.24) is 4.98 Å². The van der Waals surface area contributed by atoms with Crippen molar-refractivity contribution in [3.63, 3.8) is 0 Å². The highest BCUT2D eigenvalue weighted by molar-refractivity contribution is 6.35. The lowest BCUT2D eigenvalue weighted by Crippen LogP contribution is -2.00. The highest BCUT2D eigenvalue weighted by Crippen LogP contribution is 2.29. The zero-order chi connectivity index (χ0) is 13.8. The van der Waals surface area contributed by atoms with Crippen LogP contribution in [-0.4, -0.2) is 16.1 Å². The maximum atomic E-state index is 10.6. The molecule has 2 aromatic rings. The molecule has 1 N–H and O–H groups in total. The number of hydrogen-bond donors (Lipinski definition) is 1. The van der Waals surface area contributed by atoms with Crippen LogP contribution < -0.4 is 4.74 Å². The molecule has 0 saturated carbocycles. The zero-order valence-corrected chi connectivity index (χ0v) is 11.1. The molecule has 0 unspecified atom stereocenters. The number of ether oxygens (including phenoxy) is 1. The molecule has 1 heterocycles. The quantitative estimate of drug-likeness (QED) is 0.932. The summed E-state index contributed by atoms with van der Waals surface area (Å²) in [6.07, 6.45) is 1.35. The number of rotatable bonds is 4. The van der Waals surface area contributed by atoms with E-state index in [0.29, 0.717) is 16.3 Å². The number of halogens is 2. The van der Waals surface area contributed by atoms with Gasteiger partial charge in [-0.15, -0.1) is 0 Å². The van der Waals surface area contributed by atoms with E-state index in [4.69, 9.17) is 33.0 Å². The monoisotopic (exact) mass is 297 g/mol. The number of carbonyl (C=O) groups is 1. The van der Waals surface area contributed by atoms with Gasteiger partial charge < -0.3 is 9.84 Å². The summed E-state index contributed by atoms with van der Waals surface area (Å²) >= 11 is 11.7. The van der Waals surface area contributed by atoms with Crippen LogP contribution in [-0.2, 0) is 11.2 Å². The van der Waals surface area contributed by atoms with E-state index in [2.05, 4.69) is 4.98 Å². The van der Waals surface area contributed by atoms with Gasteiger partial charge in [-0.1, -0.05) is 35.3 Å². The van der Waals surface area contributed by atoms with E-state index >= 15 is 0 Å². The Balaban J connectivity index is 2.21. The molecule has 0 fully saturated rings. The van der Waals surface area contributed by atoms with Crippen LogP contribution in [0.3, 0.4) is 0 Å². The maximum absolute atomic E-state index is 10.6. The highest BCUT2D eigenvalue weighted by atomic mass is 35.5. The van der Waals surface area contributed by atoms with Crippen LogP contribution in [0.4, 0.5) is 0 Å². The van der Waals surface area contributed by atoms with E-state index in [1.54, 1.807) is 24.3 Å². The summed E-state index contributed by atoms with van der Waals surface area (Å²) in [6.45, 7) is 0. The van der Waals surface area contributed by atoms with E-state index < -0.39 is 5.97 Å². The second-order valence-electron chi connectivity index (χ2n) is 3.76. The first-order valence-electron chi connectivity index (χ1n) is 5.34. The fourth-order valence-corrected chi connectivity index (χ4v) is 1.90. The molecule has 0 aliphatic heterocycles. The number of aliphatic carboxylic acids is 1. The number of carboxylic acids is 1. The molecule has 0 radical (unpaired) electrons. The number of aromatic nitrogens is 1. The number of pyridine rings is 1. The molecular weight excluding hydrogens is 289 g/mol. The maximum Gasteiger partial charge on any atom is 0.307 e. The minimum atomic E-state index is -0.903. The van der Waals surface area contributed by atoms with Gasteiger partial charge in [-0.3, -0.25) is 4.79 Å². The summed E-state index contributed by atoms with van der Waals surface area (Å²) in [6, 6.07) is 8.25. The summed E-state index contributed by atoms with van der Waals surface area (Å²) in [4.78, 5) is 14.6. The average Bonchev–Trinajstić information content (AvgIpc) is 2.32. The van der Waals surface area contributed by atoms with Crippen LogP contribution in [0.15, 0.2) is 36.5 Å². The fourth-order valence-electron chi connectivity index (χ4n) is 1.48. The van der Waals surface area contributed by atoms with Gasteiger partial charge >= 0.3 is 5.97 Å². The molecule has 19 heavy (non-hydrogen) atoms. The molecule has 2 rings (SSSR count). The Labute approximate surface area is 119 Å². The molecule has 0 spiro atoms. The summed E-state index contributed by atoms with van der Waals surface area (Å²) in [7, 11) is 0. The molecular formula is C13H9Cl2NO3. The Morgan fingerprint density at radius 2 is 2.11 bits per heavy atom. The van der Waals surface area contributed by atoms with Gasteiger partial charge in [0.15, 0.2) is 0 Å². The van der Waals surface area contributed by atoms with Crippen LogP contribution >= 0.6 is 23.2 Å².